The number of rotatable bonds is 3. The molecule has 94 valence electrons. The van der Waals surface area contributed by atoms with E-state index in [-0.39, 0.29) is 0 Å². The Bertz CT molecular complexity index is 249. The fourth-order valence-electron chi connectivity index (χ4n) is 1.48. The molecular weight excluding hydrogens is 222 g/mol. The van der Waals surface area contributed by atoms with Gasteiger partial charge in [0.1, 0.15) is 31.0 Å². The van der Waals surface area contributed by atoms with Crippen LogP contribution in [0.25, 0.3) is 0 Å². The number of nitrogens with one attached hydrogen (secondary N) is 1. The molecule has 1 unspecified atom stereocenters. The number of aliphatic hydroxyl groups excluding tert-OH is 5. The van der Waals surface area contributed by atoms with Crippen molar-refractivity contribution in [3.05, 3.63) is 0 Å². The minimum Gasteiger partial charge on any atom is -0.394 e. The van der Waals surface area contributed by atoms with Crippen LogP contribution in [0.3, 0.4) is 0 Å². The number of aliphatic hydroxyl groups is 5. The van der Waals surface area contributed by atoms with Crippen molar-refractivity contribution in [2.75, 3.05) is 13.2 Å². The second-order valence-corrected chi connectivity index (χ2v) is 3.48. The van der Waals surface area contributed by atoms with Gasteiger partial charge < -0.3 is 35.6 Å². The van der Waals surface area contributed by atoms with E-state index in [0.717, 1.165) is 0 Å². The monoisotopic (exact) mass is 237 g/mol. The first-order chi connectivity index (χ1) is 7.51. The topological polar surface area (TPSA) is 139 Å². The van der Waals surface area contributed by atoms with E-state index >= 15 is 0 Å². The maximum Gasteiger partial charge on any atom is 0.246 e. The van der Waals surface area contributed by atoms with Crippen LogP contribution in [0.15, 0.2) is 0 Å². The van der Waals surface area contributed by atoms with E-state index in [2.05, 4.69) is 5.32 Å². The smallest absolute Gasteiger partial charge is 0.246 e. The average molecular weight is 237 g/mol. The zero-order chi connectivity index (χ0) is 12.3. The Morgan fingerprint density at radius 2 is 1.81 bits per heavy atom. The molecule has 0 aromatic rings. The Hall–Kier alpha value is -0.770. The summed E-state index contributed by atoms with van der Waals surface area (Å²) in [5.41, 5.74) is 0. The average Bonchev–Trinajstić information content (AvgIpc) is 2.28. The van der Waals surface area contributed by atoms with Gasteiger partial charge in [-0.2, -0.15) is 0 Å². The Kier molecular flexibility index (Phi) is 4.59. The van der Waals surface area contributed by atoms with Gasteiger partial charge in [-0.05, 0) is 0 Å². The molecule has 1 rings (SSSR count). The summed E-state index contributed by atoms with van der Waals surface area (Å²) in [4.78, 5) is 10.9. The summed E-state index contributed by atoms with van der Waals surface area (Å²) in [6.45, 7) is -1.38. The molecule has 8 heteroatoms. The van der Waals surface area contributed by atoms with E-state index in [4.69, 9.17) is 14.9 Å². The molecule has 0 saturated carbocycles. The molecule has 0 aromatic heterocycles. The van der Waals surface area contributed by atoms with Gasteiger partial charge in [-0.3, -0.25) is 4.79 Å². The van der Waals surface area contributed by atoms with Crippen LogP contribution in [-0.2, 0) is 9.53 Å². The van der Waals surface area contributed by atoms with Crippen LogP contribution in [0, 0.1) is 0 Å². The maximum absolute atomic E-state index is 10.9. The zero-order valence-corrected chi connectivity index (χ0v) is 8.35. The summed E-state index contributed by atoms with van der Waals surface area (Å²) in [7, 11) is 0. The quantitative estimate of drug-likeness (QED) is 0.293. The molecule has 1 aliphatic heterocycles. The SMILES string of the molecule is O=C(CO)N[C@H]1C(O)O[C@H](CO)[C@H](O)[C@@H]1O. The van der Waals surface area contributed by atoms with Gasteiger partial charge in [-0.15, -0.1) is 0 Å². The second kappa shape index (κ2) is 5.53. The minimum atomic E-state index is -1.56. The van der Waals surface area contributed by atoms with Crippen molar-refractivity contribution in [1.82, 2.24) is 5.32 Å². The van der Waals surface area contributed by atoms with Crippen LogP contribution in [0.5, 0.6) is 0 Å². The Balaban J connectivity index is 2.67. The summed E-state index contributed by atoms with van der Waals surface area (Å²) < 4.78 is 4.78. The van der Waals surface area contributed by atoms with E-state index in [1.807, 2.05) is 0 Å². The first-order valence-corrected chi connectivity index (χ1v) is 4.72. The number of hydrogen-bond donors (Lipinski definition) is 6. The van der Waals surface area contributed by atoms with Crippen LogP contribution in [0.1, 0.15) is 0 Å². The Morgan fingerprint density at radius 3 is 2.31 bits per heavy atom. The van der Waals surface area contributed by atoms with Gasteiger partial charge in [0.25, 0.3) is 0 Å². The van der Waals surface area contributed by atoms with Crippen molar-refractivity contribution in [3.8, 4) is 0 Å². The molecule has 1 fully saturated rings. The lowest BCUT2D eigenvalue weighted by Crippen LogP contribution is -2.64. The summed E-state index contributed by atoms with van der Waals surface area (Å²) >= 11 is 0. The van der Waals surface area contributed by atoms with Crippen molar-refractivity contribution < 1.29 is 35.1 Å². The van der Waals surface area contributed by atoms with E-state index in [9.17, 15) is 20.1 Å². The van der Waals surface area contributed by atoms with Gasteiger partial charge >= 0.3 is 0 Å². The molecule has 0 spiro atoms. The number of hydrogen-bond acceptors (Lipinski definition) is 7. The van der Waals surface area contributed by atoms with Crippen LogP contribution in [0.2, 0.25) is 0 Å². The largest absolute Gasteiger partial charge is 0.394 e. The zero-order valence-electron chi connectivity index (χ0n) is 8.35. The highest BCUT2D eigenvalue weighted by Gasteiger charge is 2.44. The molecule has 5 atom stereocenters. The van der Waals surface area contributed by atoms with E-state index in [1.165, 1.54) is 0 Å². The molecule has 1 amide bonds. The van der Waals surface area contributed by atoms with E-state index in [1.54, 1.807) is 0 Å². The molecular formula is C8H15NO7. The summed E-state index contributed by atoms with van der Waals surface area (Å²) in [5, 5.41) is 47.8. The molecule has 1 heterocycles. The lowest BCUT2D eigenvalue weighted by Gasteiger charge is -2.40. The molecule has 16 heavy (non-hydrogen) atoms. The molecule has 0 aromatic carbocycles. The van der Waals surface area contributed by atoms with Crippen LogP contribution in [0.4, 0.5) is 0 Å². The van der Waals surface area contributed by atoms with Gasteiger partial charge in [0, 0.05) is 0 Å². The molecule has 6 N–H and O–H groups in total. The third-order valence-corrected chi connectivity index (χ3v) is 2.37. The minimum absolute atomic E-state index is 0.573. The maximum atomic E-state index is 10.9. The fourth-order valence-corrected chi connectivity index (χ4v) is 1.48. The van der Waals surface area contributed by atoms with Crippen molar-refractivity contribution >= 4 is 5.91 Å². The van der Waals surface area contributed by atoms with E-state index < -0.39 is 49.8 Å². The first kappa shape index (κ1) is 13.3. The fraction of sp³-hybridized carbons (Fsp3) is 0.875. The van der Waals surface area contributed by atoms with Crippen molar-refractivity contribution in [2.24, 2.45) is 0 Å². The van der Waals surface area contributed by atoms with Gasteiger partial charge in [0.05, 0.1) is 6.61 Å². The predicted molar refractivity (Wildman–Crippen MR) is 49.0 cm³/mol. The van der Waals surface area contributed by atoms with Crippen molar-refractivity contribution in [2.45, 2.75) is 30.6 Å². The number of carbonyl (C=O) groups excluding carboxylic acids is 1. The first-order valence-electron chi connectivity index (χ1n) is 4.72. The molecule has 1 aliphatic rings. The molecule has 8 nitrogen and oxygen atoms in total. The van der Waals surface area contributed by atoms with Crippen LogP contribution < -0.4 is 5.32 Å². The summed E-state index contributed by atoms with van der Waals surface area (Å²) in [6, 6.07) is -1.25. The third-order valence-electron chi connectivity index (χ3n) is 2.37. The molecule has 1 saturated heterocycles. The normalized spacial score (nSPS) is 39.4. The second-order valence-electron chi connectivity index (χ2n) is 3.48. The van der Waals surface area contributed by atoms with Gasteiger partial charge in [0.15, 0.2) is 6.29 Å². The highest BCUT2D eigenvalue weighted by Crippen LogP contribution is 2.19. The lowest BCUT2D eigenvalue weighted by molar-refractivity contribution is -0.254. The summed E-state index contributed by atoms with van der Waals surface area (Å²) in [5.74, 6) is -0.818. The van der Waals surface area contributed by atoms with Gasteiger partial charge in [-0.25, -0.2) is 0 Å². The lowest BCUT2D eigenvalue weighted by atomic mass is 9.97. The highest BCUT2D eigenvalue weighted by atomic mass is 16.6. The standard InChI is InChI=1S/C8H15NO7/c10-1-3-6(13)7(14)5(8(15)16-3)9-4(12)2-11/h3,5-8,10-11,13-15H,1-2H2,(H,9,12)/t3-,5-,6+,7-,8?/m1/s1. The number of amides is 1. The Morgan fingerprint density at radius 1 is 1.19 bits per heavy atom. The number of carbonyl (C=O) groups is 1. The molecule has 0 radical (unpaired) electrons. The van der Waals surface area contributed by atoms with Crippen molar-refractivity contribution in [1.29, 1.82) is 0 Å². The predicted octanol–water partition coefficient (Wildman–Crippen LogP) is -4.11. The third kappa shape index (κ3) is 2.67. The van der Waals surface area contributed by atoms with E-state index in [0.29, 0.717) is 0 Å². The Labute approximate surface area is 91.1 Å². The van der Waals surface area contributed by atoms with Crippen LogP contribution in [-0.4, -0.2) is 75.3 Å². The summed E-state index contributed by atoms with van der Waals surface area (Å²) in [6.07, 6.45) is -5.60. The van der Waals surface area contributed by atoms with Gasteiger partial charge in [-0.1, -0.05) is 0 Å². The highest BCUT2D eigenvalue weighted by molar-refractivity contribution is 5.77. The van der Waals surface area contributed by atoms with Gasteiger partial charge in [0.2, 0.25) is 5.91 Å². The van der Waals surface area contributed by atoms with Crippen LogP contribution >= 0.6 is 0 Å². The molecule has 0 bridgehead atoms. The van der Waals surface area contributed by atoms with Crippen molar-refractivity contribution in [3.63, 3.8) is 0 Å². The molecule has 0 aliphatic carbocycles. The number of ether oxygens (including phenoxy) is 1.